The van der Waals surface area contributed by atoms with Crippen molar-refractivity contribution < 1.29 is 48.8 Å². The van der Waals surface area contributed by atoms with Crippen molar-refractivity contribution in [3.63, 3.8) is 0 Å². The van der Waals surface area contributed by atoms with Gasteiger partial charge < -0.3 is 32.4 Å². The van der Waals surface area contributed by atoms with Crippen molar-refractivity contribution in [2.45, 2.75) is 79.6 Å². The summed E-state index contributed by atoms with van der Waals surface area (Å²) in [6.45, 7) is 16.8. The quantitative estimate of drug-likeness (QED) is 0.594. The van der Waals surface area contributed by atoms with Crippen LogP contribution in [0.1, 0.15) is 55.4 Å². The monoisotopic (exact) mass is 509 g/mol. The first-order valence-corrected chi connectivity index (χ1v) is 10.2. The molecule has 0 aliphatic heterocycles. The summed E-state index contributed by atoms with van der Waals surface area (Å²) in [5.74, 6) is 0.213. The summed E-state index contributed by atoms with van der Waals surface area (Å²) < 4.78 is 0. The summed E-state index contributed by atoms with van der Waals surface area (Å²) in [5.41, 5.74) is 1.61. The van der Waals surface area contributed by atoms with E-state index in [1.165, 1.54) is 0 Å². The van der Waals surface area contributed by atoms with Gasteiger partial charge in [-0.3, -0.25) is 0 Å². The molecule has 0 amide bonds. The maximum atomic E-state index is 11.6. The topological polar surface area (TPSA) is 52.6 Å². The Bertz CT molecular complexity index is 646. The Kier molecular flexibility index (Phi) is 15.2. The van der Waals surface area contributed by atoms with Crippen molar-refractivity contribution in [1.29, 1.82) is 0 Å². The van der Waals surface area contributed by atoms with E-state index in [-0.39, 0.29) is 50.1 Å². The van der Waals surface area contributed by atoms with Crippen LogP contribution in [0.5, 0.6) is 11.5 Å². The van der Waals surface area contributed by atoms with E-state index in [1.807, 2.05) is 24.3 Å². The molecule has 2 aromatic carbocycles. The van der Waals surface area contributed by atoms with Crippen LogP contribution in [0.15, 0.2) is 48.5 Å². The van der Waals surface area contributed by atoms with Crippen molar-refractivity contribution in [1.82, 2.24) is 0 Å². The first kappa shape index (κ1) is 31.0. The average Bonchev–Trinajstić information content (AvgIpc) is 2.58. The van der Waals surface area contributed by atoms with Crippen LogP contribution in [0.3, 0.4) is 0 Å². The molecule has 2 rings (SSSR count). The van der Waals surface area contributed by atoms with Gasteiger partial charge in [0.15, 0.2) is 0 Å². The Balaban J connectivity index is 0. The standard InChI is InChI=1S/2C12H19NO.ClH.Zr/c2*1-9(2)13(10(3)4)11-7-5-6-8-12(11)14;;/h2*5-10,14H,1-4H3;1H;/q;;;+3/p-3. The third kappa shape index (κ3) is 8.90. The van der Waals surface area contributed by atoms with E-state index < -0.39 is 0 Å². The van der Waals surface area contributed by atoms with Crippen LogP contribution in [0.25, 0.3) is 0 Å². The number of hydrogen-bond donors (Lipinski definition) is 0. The predicted molar refractivity (Wildman–Crippen MR) is 117 cm³/mol. The zero-order chi connectivity index (χ0) is 21.4. The molecule has 1 radical (unpaired) electrons. The van der Waals surface area contributed by atoms with E-state index in [0.717, 1.165) is 11.4 Å². The minimum absolute atomic E-state index is 0. The molecule has 4 nitrogen and oxygen atoms in total. The van der Waals surface area contributed by atoms with Gasteiger partial charge in [-0.1, -0.05) is 47.9 Å². The Hall–Kier alpha value is -1.19. The zero-order valence-corrected chi connectivity index (χ0v) is 22.7. The number of benzene rings is 2. The SMILES string of the molecule is CC(C)N(c1ccccc1[O-])C(C)C.CC(C)N(c1ccccc1[O-])C(C)C.[Cl-].[Zr+3]. The van der Waals surface area contributed by atoms with Crippen LogP contribution < -0.4 is 32.4 Å². The smallest absolute Gasteiger partial charge is 1.00 e. The fourth-order valence-corrected chi connectivity index (χ4v) is 3.65. The zero-order valence-electron chi connectivity index (χ0n) is 19.5. The molecule has 0 saturated heterocycles. The molecule has 30 heavy (non-hydrogen) atoms. The van der Waals surface area contributed by atoms with Crippen molar-refractivity contribution in [3.05, 3.63) is 48.5 Å². The molecule has 0 spiro atoms. The van der Waals surface area contributed by atoms with Gasteiger partial charge >= 0.3 is 26.2 Å². The van der Waals surface area contributed by atoms with Crippen LogP contribution in [-0.4, -0.2) is 24.2 Å². The number of halogens is 1. The summed E-state index contributed by atoms with van der Waals surface area (Å²) in [4.78, 5) is 4.28. The first-order chi connectivity index (χ1) is 13.1. The second-order valence-electron chi connectivity index (χ2n) is 8.12. The average molecular weight is 511 g/mol. The molecule has 0 heterocycles. The molecule has 0 aliphatic rings. The van der Waals surface area contributed by atoms with Gasteiger partial charge in [0, 0.05) is 35.5 Å². The molecule has 0 aliphatic carbocycles. The van der Waals surface area contributed by atoms with E-state index in [9.17, 15) is 10.2 Å². The van der Waals surface area contributed by atoms with Gasteiger partial charge in [0.2, 0.25) is 0 Å². The van der Waals surface area contributed by atoms with E-state index in [4.69, 9.17) is 0 Å². The molecule has 2 aromatic rings. The van der Waals surface area contributed by atoms with Gasteiger partial charge in [0.1, 0.15) is 0 Å². The molecule has 0 saturated carbocycles. The third-order valence-corrected chi connectivity index (χ3v) is 4.51. The molecule has 0 fully saturated rings. The molecule has 0 unspecified atom stereocenters. The van der Waals surface area contributed by atoms with E-state index in [1.54, 1.807) is 24.3 Å². The van der Waals surface area contributed by atoms with Crippen molar-refractivity contribution in [3.8, 4) is 11.5 Å². The summed E-state index contributed by atoms with van der Waals surface area (Å²) in [7, 11) is 0. The second kappa shape index (κ2) is 14.8. The summed E-state index contributed by atoms with van der Waals surface area (Å²) in [5, 5.41) is 23.3. The Labute approximate surface area is 208 Å². The van der Waals surface area contributed by atoms with Gasteiger partial charge in [-0.2, -0.15) is 0 Å². The van der Waals surface area contributed by atoms with Gasteiger partial charge in [0.25, 0.3) is 0 Å². The van der Waals surface area contributed by atoms with Crippen LogP contribution in [-0.2, 0) is 26.2 Å². The Morgan fingerprint density at radius 3 is 0.967 bits per heavy atom. The van der Waals surface area contributed by atoms with Gasteiger partial charge in [-0.25, -0.2) is 0 Å². The number of nitrogens with zero attached hydrogens (tertiary/aromatic N) is 2. The maximum absolute atomic E-state index is 11.6. The Morgan fingerprint density at radius 1 is 0.533 bits per heavy atom. The largest absolute Gasteiger partial charge is 3.00 e. The molecule has 0 N–H and O–H groups in total. The Morgan fingerprint density at radius 2 is 0.767 bits per heavy atom. The summed E-state index contributed by atoms with van der Waals surface area (Å²) >= 11 is 0. The van der Waals surface area contributed by atoms with Crippen molar-refractivity contribution in [2.24, 2.45) is 0 Å². The molecule has 6 heteroatoms. The fourth-order valence-electron chi connectivity index (χ4n) is 3.65. The van der Waals surface area contributed by atoms with Crippen LogP contribution in [0.4, 0.5) is 11.4 Å². The molecular formula is C24H36ClN2O2Zr. The summed E-state index contributed by atoms with van der Waals surface area (Å²) in [6, 6.07) is 15.8. The fraction of sp³-hybridized carbons (Fsp3) is 0.500. The van der Waals surface area contributed by atoms with Gasteiger partial charge in [-0.05, 0) is 67.5 Å². The third-order valence-electron chi connectivity index (χ3n) is 4.51. The van der Waals surface area contributed by atoms with Gasteiger partial charge in [0.05, 0.1) is 0 Å². The van der Waals surface area contributed by atoms with E-state index >= 15 is 0 Å². The predicted octanol–water partition coefficient (Wildman–Crippen LogP) is 1.77. The van der Waals surface area contributed by atoms with Crippen LogP contribution in [0, 0.1) is 0 Å². The van der Waals surface area contributed by atoms with Gasteiger partial charge in [-0.15, -0.1) is 0 Å². The second-order valence-corrected chi connectivity index (χ2v) is 8.12. The van der Waals surface area contributed by atoms with Crippen LogP contribution in [0.2, 0.25) is 0 Å². The maximum Gasteiger partial charge on any atom is 3.00 e. The molecular weight excluding hydrogens is 475 g/mol. The minimum atomic E-state index is 0. The number of para-hydroxylation sites is 4. The number of anilines is 2. The molecule has 0 aromatic heterocycles. The molecule has 0 atom stereocenters. The van der Waals surface area contributed by atoms with Crippen molar-refractivity contribution >= 4 is 11.4 Å². The van der Waals surface area contributed by atoms with Crippen LogP contribution >= 0.6 is 0 Å². The number of hydrogen-bond acceptors (Lipinski definition) is 4. The number of rotatable bonds is 6. The van der Waals surface area contributed by atoms with E-state index in [0.29, 0.717) is 24.2 Å². The first-order valence-electron chi connectivity index (χ1n) is 10.2. The van der Waals surface area contributed by atoms with E-state index in [2.05, 4.69) is 65.2 Å². The minimum Gasteiger partial charge on any atom is -1.00 e. The summed E-state index contributed by atoms with van der Waals surface area (Å²) in [6.07, 6.45) is 0. The molecule has 0 bridgehead atoms. The normalized spacial score (nSPS) is 10.3. The van der Waals surface area contributed by atoms with Crippen molar-refractivity contribution in [2.75, 3.05) is 9.80 Å². The molecule has 165 valence electrons.